The maximum atomic E-state index is 3.67. The molecule has 2 N–H and O–H groups in total. The van der Waals surface area contributed by atoms with Gasteiger partial charge in [-0.25, -0.2) is 0 Å². The molecule has 0 aromatic carbocycles. The van der Waals surface area contributed by atoms with Crippen LogP contribution in [0.2, 0.25) is 0 Å². The molecule has 0 amide bonds. The third-order valence-corrected chi connectivity index (χ3v) is 4.25. The molecule has 2 saturated heterocycles. The Morgan fingerprint density at radius 3 is 3.00 bits per heavy atom. The summed E-state index contributed by atoms with van der Waals surface area (Å²) in [4.78, 5) is 0. The Morgan fingerprint density at radius 1 is 1.38 bits per heavy atom. The highest BCUT2D eigenvalue weighted by atomic mass is 15.1. The Labute approximate surface area is 81.5 Å². The van der Waals surface area contributed by atoms with Crippen molar-refractivity contribution < 1.29 is 0 Å². The number of hydrogen-bond acceptors (Lipinski definition) is 2. The van der Waals surface area contributed by atoms with Crippen LogP contribution >= 0.6 is 0 Å². The fourth-order valence-electron chi connectivity index (χ4n) is 3.03. The first-order valence-electron chi connectivity index (χ1n) is 5.70. The summed E-state index contributed by atoms with van der Waals surface area (Å²) in [6, 6.07) is 0.743. The van der Waals surface area contributed by atoms with Crippen LogP contribution < -0.4 is 10.6 Å². The fourth-order valence-corrected chi connectivity index (χ4v) is 3.03. The summed E-state index contributed by atoms with van der Waals surface area (Å²) in [6.07, 6.45) is 4.09. The molecule has 2 aliphatic rings. The van der Waals surface area contributed by atoms with Crippen LogP contribution in [0.25, 0.3) is 0 Å². The molecule has 3 unspecified atom stereocenters. The molecule has 0 aromatic rings. The topological polar surface area (TPSA) is 24.1 Å². The van der Waals surface area contributed by atoms with E-state index in [1.807, 2.05) is 0 Å². The summed E-state index contributed by atoms with van der Waals surface area (Å²) in [7, 11) is 0. The van der Waals surface area contributed by atoms with Crippen LogP contribution in [0.5, 0.6) is 0 Å². The van der Waals surface area contributed by atoms with Crippen LogP contribution in [0.3, 0.4) is 0 Å². The lowest BCUT2D eigenvalue weighted by Gasteiger charge is -2.35. The normalized spacial score (nSPS) is 45.7. The summed E-state index contributed by atoms with van der Waals surface area (Å²) < 4.78 is 0. The molecule has 2 nitrogen and oxygen atoms in total. The van der Waals surface area contributed by atoms with Gasteiger partial charge >= 0.3 is 0 Å². The van der Waals surface area contributed by atoms with Gasteiger partial charge in [0.15, 0.2) is 0 Å². The van der Waals surface area contributed by atoms with Crippen LogP contribution in [0.15, 0.2) is 0 Å². The molecule has 0 aromatic heterocycles. The molecule has 13 heavy (non-hydrogen) atoms. The monoisotopic (exact) mass is 182 g/mol. The second kappa shape index (κ2) is 3.58. The standard InChI is InChI=1S/C11H22N2/c1-3-11(2)5-4-6-13-10-8-12-7-9(10)11/h9-10,12-13H,3-8H2,1-2H3. The van der Waals surface area contributed by atoms with Gasteiger partial charge < -0.3 is 10.6 Å². The molecule has 3 atom stereocenters. The minimum absolute atomic E-state index is 0.581. The van der Waals surface area contributed by atoms with Crippen LogP contribution in [0.1, 0.15) is 33.1 Å². The van der Waals surface area contributed by atoms with Crippen molar-refractivity contribution in [3.05, 3.63) is 0 Å². The maximum Gasteiger partial charge on any atom is 0.0238 e. The Balaban J connectivity index is 2.15. The highest BCUT2D eigenvalue weighted by molar-refractivity contribution is 4.97. The highest BCUT2D eigenvalue weighted by Gasteiger charge is 2.41. The largest absolute Gasteiger partial charge is 0.315 e. The van der Waals surface area contributed by atoms with Gasteiger partial charge in [0.1, 0.15) is 0 Å². The van der Waals surface area contributed by atoms with Gasteiger partial charge in [-0.1, -0.05) is 20.3 Å². The lowest BCUT2D eigenvalue weighted by molar-refractivity contribution is 0.167. The SMILES string of the molecule is CCC1(C)CCCNC2CNCC21. The van der Waals surface area contributed by atoms with Crippen molar-refractivity contribution >= 4 is 0 Å². The first-order valence-corrected chi connectivity index (χ1v) is 5.70. The van der Waals surface area contributed by atoms with Crippen LogP contribution in [0, 0.1) is 11.3 Å². The number of nitrogens with one attached hydrogen (secondary N) is 2. The molecule has 0 saturated carbocycles. The van der Waals surface area contributed by atoms with E-state index in [4.69, 9.17) is 0 Å². The summed E-state index contributed by atoms with van der Waals surface area (Å²) in [5.74, 6) is 0.861. The minimum Gasteiger partial charge on any atom is -0.315 e. The molecule has 0 bridgehead atoms. The van der Waals surface area contributed by atoms with Crippen molar-refractivity contribution in [2.45, 2.75) is 39.2 Å². The average Bonchev–Trinajstić information content (AvgIpc) is 2.55. The van der Waals surface area contributed by atoms with Gasteiger partial charge in [-0.3, -0.25) is 0 Å². The lowest BCUT2D eigenvalue weighted by atomic mass is 9.71. The van der Waals surface area contributed by atoms with E-state index in [1.165, 1.54) is 38.9 Å². The van der Waals surface area contributed by atoms with Crippen LogP contribution in [-0.2, 0) is 0 Å². The first-order chi connectivity index (χ1) is 6.26. The first kappa shape index (κ1) is 9.47. The predicted octanol–water partition coefficient (Wildman–Crippen LogP) is 1.37. The predicted molar refractivity (Wildman–Crippen MR) is 55.8 cm³/mol. The number of fused-ring (bicyclic) bond motifs is 1. The molecular weight excluding hydrogens is 160 g/mol. The summed E-state index contributed by atoms with van der Waals surface area (Å²) >= 11 is 0. The van der Waals surface area contributed by atoms with Gasteiger partial charge in [0, 0.05) is 19.1 Å². The Bertz CT molecular complexity index is 181. The van der Waals surface area contributed by atoms with E-state index in [0.29, 0.717) is 5.41 Å². The minimum atomic E-state index is 0.581. The van der Waals surface area contributed by atoms with Gasteiger partial charge in [-0.05, 0) is 30.7 Å². The van der Waals surface area contributed by atoms with E-state index < -0.39 is 0 Å². The Kier molecular flexibility index (Phi) is 2.61. The van der Waals surface area contributed by atoms with Crippen molar-refractivity contribution in [2.24, 2.45) is 11.3 Å². The lowest BCUT2D eigenvalue weighted by Crippen LogP contribution is -2.40. The summed E-state index contributed by atoms with van der Waals surface area (Å²) in [6.45, 7) is 8.45. The van der Waals surface area contributed by atoms with E-state index in [1.54, 1.807) is 0 Å². The maximum absolute atomic E-state index is 3.67. The summed E-state index contributed by atoms with van der Waals surface area (Å²) in [5, 5.41) is 7.19. The smallest absolute Gasteiger partial charge is 0.0238 e. The van der Waals surface area contributed by atoms with Gasteiger partial charge in [-0.2, -0.15) is 0 Å². The third-order valence-electron chi connectivity index (χ3n) is 4.25. The van der Waals surface area contributed by atoms with Gasteiger partial charge in [0.2, 0.25) is 0 Å². The van der Waals surface area contributed by atoms with Crippen molar-refractivity contribution in [1.29, 1.82) is 0 Å². The fraction of sp³-hybridized carbons (Fsp3) is 1.00. The van der Waals surface area contributed by atoms with Gasteiger partial charge in [0.05, 0.1) is 0 Å². The molecule has 2 aliphatic heterocycles. The molecule has 0 spiro atoms. The number of hydrogen-bond donors (Lipinski definition) is 2. The molecule has 76 valence electrons. The Hall–Kier alpha value is -0.0800. The van der Waals surface area contributed by atoms with Crippen molar-refractivity contribution in [2.75, 3.05) is 19.6 Å². The zero-order valence-electron chi connectivity index (χ0n) is 8.90. The second-order valence-corrected chi connectivity index (χ2v) is 4.94. The highest BCUT2D eigenvalue weighted by Crippen LogP contribution is 2.40. The van der Waals surface area contributed by atoms with Crippen molar-refractivity contribution in [3.8, 4) is 0 Å². The molecule has 2 heterocycles. The average molecular weight is 182 g/mol. The second-order valence-electron chi connectivity index (χ2n) is 4.94. The van der Waals surface area contributed by atoms with E-state index in [9.17, 15) is 0 Å². The zero-order chi connectivity index (χ0) is 9.31. The third kappa shape index (κ3) is 1.62. The molecular formula is C11H22N2. The number of rotatable bonds is 1. The van der Waals surface area contributed by atoms with Crippen LogP contribution in [-0.4, -0.2) is 25.7 Å². The zero-order valence-corrected chi connectivity index (χ0v) is 8.90. The quantitative estimate of drug-likeness (QED) is 0.640. The van der Waals surface area contributed by atoms with E-state index in [-0.39, 0.29) is 0 Å². The van der Waals surface area contributed by atoms with E-state index in [2.05, 4.69) is 24.5 Å². The summed E-state index contributed by atoms with van der Waals surface area (Å²) in [5.41, 5.74) is 0.581. The Morgan fingerprint density at radius 2 is 2.23 bits per heavy atom. The molecule has 2 heteroatoms. The molecule has 2 fully saturated rings. The van der Waals surface area contributed by atoms with Crippen molar-refractivity contribution in [3.63, 3.8) is 0 Å². The van der Waals surface area contributed by atoms with Gasteiger partial charge in [0.25, 0.3) is 0 Å². The van der Waals surface area contributed by atoms with Crippen molar-refractivity contribution in [1.82, 2.24) is 10.6 Å². The van der Waals surface area contributed by atoms with E-state index in [0.717, 1.165) is 12.0 Å². The molecule has 0 aliphatic carbocycles. The van der Waals surface area contributed by atoms with E-state index >= 15 is 0 Å². The van der Waals surface area contributed by atoms with Gasteiger partial charge in [-0.15, -0.1) is 0 Å². The molecule has 2 rings (SSSR count). The molecule has 0 radical (unpaired) electrons. The van der Waals surface area contributed by atoms with Crippen LogP contribution in [0.4, 0.5) is 0 Å².